The molecule has 4 rings (SSSR count). The van der Waals surface area contributed by atoms with Crippen molar-refractivity contribution in [1.82, 2.24) is 9.88 Å². The number of nitro groups is 1. The molecule has 30 heavy (non-hydrogen) atoms. The normalized spacial score (nSPS) is 14.4. The first-order valence-corrected chi connectivity index (χ1v) is 10.1. The second-order valence-electron chi connectivity index (χ2n) is 7.82. The van der Waals surface area contributed by atoms with E-state index in [9.17, 15) is 14.9 Å². The van der Waals surface area contributed by atoms with E-state index in [-0.39, 0.29) is 16.5 Å². The van der Waals surface area contributed by atoms with Crippen LogP contribution in [-0.2, 0) is 0 Å². The lowest BCUT2D eigenvalue weighted by molar-refractivity contribution is -0.383. The van der Waals surface area contributed by atoms with Gasteiger partial charge in [-0.25, -0.2) is 0 Å². The minimum absolute atomic E-state index is 0.0386. The minimum atomic E-state index is -0.380. The third-order valence-corrected chi connectivity index (χ3v) is 5.65. The molecule has 0 radical (unpaired) electrons. The van der Waals surface area contributed by atoms with Gasteiger partial charge in [0.25, 0.3) is 11.6 Å². The number of aromatic nitrogens is 1. The molecule has 7 nitrogen and oxygen atoms in total. The monoisotopic (exact) mass is 404 g/mol. The highest BCUT2D eigenvalue weighted by molar-refractivity contribution is 5.97. The summed E-state index contributed by atoms with van der Waals surface area (Å²) in [7, 11) is 0. The Kier molecular flexibility index (Phi) is 5.35. The van der Waals surface area contributed by atoms with E-state index in [1.807, 2.05) is 29.2 Å². The van der Waals surface area contributed by atoms with E-state index in [0.29, 0.717) is 48.6 Å². The molecule has 0 N–H and O–H groups in total. The molecule has 1 aliphatic heterocycles. The molecule has 1 aliphatic rings. The van der Waals surface area contributed by atoms with Gasteiger partial charge in [0.15, 0.2) is 0 Å². The first-order valence-electron chi connectivity index (χ1n) is 10.1. The number of pyridine rings is 1. The molecule has 1 aromatic heterocycles. The number of benzene rings is 2. The number of carbonyl (C=O) groups excluding carboxylic acids is 1. The Morgan fingerprint density at radius 1 is 1.03 bits per heavy atom. The predicted molar refractivity (Wildman–Crippen MR) is 117 cm³/mol. The van der Waals surface area contributed by atoms with Gasteiger partial charge in [-0.15, -0.1) is 0 Å². The van der Waals surface area contributed by atoms with Crippen molar-refractivity contribution < 1.29 is 9.72 Å². The summed E-state index contributed by atoms with van der Waals surface area (Å²) in [6.45, 7) is 6.75. The molecule has 0 atom stereocenters. The van der Waals surface area contributed by atoms with Gasteiger partial charge in [-0.3, -0.25) is 19.9 Å². The summed E-state index contributed by atoms with van der Waals surface area (Å²) >= 11 is 0. The zero-order valence-corrected chi connectivity index (χ0v) is 17.1. The van der Waals surface area contributed by atoms with Gasteiger partial charge in [0.05, 0.1) is 16.0 Å². The van der Waals surface area contributed by atoms with Crippen molar-refractivity contribution in [2.75, 3.05) is 31.1 Å². The molecular formula is C23H24N4O3. The molecule has 2 aromatic carbocycles. The molecule has 3 aromatic rings. The van der Waals surface area contributed by atoms with Crippen LogP contribution in [0.25, 0.3) is 10.9 Å². The Hall–Kier alpha value is -3.48. The molecule has 0 bridgehead atoms. The topological polar surface area (TPSA) is 79.6 Å². The van der Waals surface area contributed by atoms with Crippen LogP contribution in [0.3, 0.4) is 0 Å². The maximum atomic E-state index is 12.9. The Morgan fingerprint density at radius 3 is 2.37 bits per heavy atom. The van der Waals surface area contributed by atoms with E-state index in [1.165, 1.54) is 11.6 Å². The molecule has 154 valence electrons. The fourth-order valence-corrected chi connectivity index (χ4v) is 3.90. The van der Waals surface area contributed by atoms with Crippen LogP contribution in [0.15, 0.2) is 54.7 Å². The maximum absolute atomic E-state index is 12.9. The van der Waals surface area contributed by atoms with E-state index < -0.39 is 0 Å². The van der Waals surface area contributed by atoms with Gasteiger partial charge >= 0.3 is 0 Å². The maximum Gasteiger partial charge on any atom is 0.278 e. The fraction of sp³-hybridized carbons (Fsp3) is 0.304. The molecular weight excluding hydrogens is 380 g/mol. The number of hydrogen-bond donors (Lipinski definition) is 0. The minimum Gasteiger partial charge on any atom is -0.366 e. The number of carbonyl (C=O) groups is 1. The van der Waals surface area contributed by atoms with E-state index in [2.05, 4.69) is 23.7 Å². The molecule has 2 heterocycles. The standard InChI is InChI=1S/C23H24N4O3/c1-16(2)17-5-7-18(8-6-17)23(28)26-14-12-25(13-15-26)21-10-9-20(27(29)30)19-4-3-11-24-22(19)21/h3-11,16H,12-15H2,1-2H3. The molecule has 0 aliphatic carbocycles. The summed E-state index contributed by atoms with van der Waals surface area (Å²) in [5.74, 6) is 0.472. The van der Waals surface area contributed by atoms with Gasteiger partial charge < -0.3 is 9.80 Å². The van der Waals surface area contributed by atoms with Gasteiger partial charge in [0.2, 0.25) is 0 Å². The van der Waals surface area contributed by atoms with Gasteiger partial charge in [0, 0.05) is 44.0 Å². The van der Waals surface area contributed by atoms with Crippen LogP contribution in [0.4, 0.5) is 11.4 Å². The summed E-state index contributed by atoms with van der Waals surface area (Å²) in [6, 6.07) is 14.6. The first kappa shape index (κ1) is 19.8. The van der Waals surface area contributed by atoms with E-state index in [1.54, 1.807) is 24.4 Å². The number of rotatable bonds is 4. The first-order chi connectivity index (χ1) is 14.5. The number of amides is 1. The quantitative estimate of drug-likeness (QED) is 0.480. The van der Waals surface area contributed by atoms with Crippen molar-refractivity contribution in [2.45, 2.75) is 19.8 Å². The SMILES string of the molecule is CC(C)c1ccc(C(=O)N2CCN(c3ccc([N+](=O)[O-])c4cccnc34)CC2)cc1. The van der Waals surface area contributed by atoms with Crippen LogP contribution in [0, 0.1) is 10.1 Å². The lowest BCUT2D eigenvalue weighted by Gasteiger charge is -2.36. The Labute approximate surface area is 175 Å². The van der Waals surface area contributed by atoms with Gasteiger partial charge in [0.1, 0.15) is 5.52 Å². The second kappa shape index (κ2) is 8.10. The highest BCUT2D eigenvalue weighted by Crippen LogP contribution is 2.32. The third-order valence-electron chi connectivity index (χ3n) is 5.65. The number of piperazine rings is 1. The van der Waals surface area contributed by atoms with Gasteiger partial charge in [-0.1, -0.05) is 26.0 Å². The van der Waals surface area contributed by atoms with Crippen LogP contribution < -0.4 is 4.90 Å². The number of hydrogen-bond acceptors (Lipinski definition) is 5. The average Bonchev–Trinajstić information content (AvgIpc) is 2.78. The largest absolute Gasteiger partial charge is 0.366 e. The van der Waals surface area contributed by atoms with Crippen LogP contribution in [0.5, 0.6) is 0 Å². The summed E-state index contributed by atoms with van der Waals surface area (Å²) in [5.41, 5.74) is 3.46. The smallest absolute Gasteiger partial charge is 0.278 e. The van der Waals surface area contributed by atoms with Crippen LogP contribution in [-0.4, -0.2) is 46.9 Å². The molecule has 1 fully saturated rings. The van der Waals surface area contributed by atoms with Gasteiger partial charge in [-0.05, 0) is 41.8 Å². The summed E-state index contributed by atoms with van der Waals surface area (Å²) < 4.78 is 0. The lowest BCUT2D eigenvalue weighted by atomic mass is 10.0. The van der Waals surface area contributed by atoms with Crippen molar-refractivity contribution in [1.29, 1.82) is 0 Å². The number of nitrogens with zero attached hydrogens (tertiary/aromatic N) is 4. The van der Waals surface area contributed by atoms with Gasteiger partial charge in [-0.2, -0.15) is 0 Å². The predicted octanol–water partition coefficient (Wildman–Crippen LogP) is 4.23. The number of nitro benzene ring substituents is 1. The van der Waals surface area contributed by atoms with Crippen molar-refractivity contribution in [3.05, 3.63) is 76.0 Å². The van der Waals surface area contributed by atoms with E-state index >= 15 is 0 Å². The van der Waals surface area contributed by atoms with Crippen molar-refractivity contribution in [3.63, 3.8) is 0 Å². The van der Waals surface area contributed by atoms with Crippen molar-refractivity contribution in [2.24, 2.45) is 0 Å². The van der Waals surface area contributed by atoms with Crippen molar-refractivity contribution >= 4 is 28.2 Å². The molecule has 7 heteroatoms. The van der Waals surface area contributed by atoms with E-state index in [4.69, 9.17) is 0 Å². The lowest BCUT2D eigenvalue weighted by Crippen LogP contribution is -2.48. The zero-order valence-electron chi connectivity index (χ0n) is 17.1. The highest BCUT2D eigenvalue weighted by atomic mass is 16.6. The summed E-state index contributed by atoms with van der Waals surface area (Å²) in [6.07, 6.45) is 1.65. The van der Waals surface area contributed by atoms with E-state index in [0.717, 1.165) is 5.69 Å². The van der Waals surface area contributed by atoms with Crippen LogP contribution in [0.2, 0.25) is 0 Å². The van der Waals surface area contributed by atoms with Crippen molar-refractivity contribution in [3.8, 4) is 0 Å². The van der Waals surface area contributed by atoms with Crippen LogP contribution in [0.1, 0.15) is 35.7 Å². The molecule has 0 spiro atoms. The fourth-order valence-electron chi connectivity index (χ4n) is 3.90. The Bertz CT molecular complexity index is 1090. The number of non-ortho nitro benzene ring substituents is 1. The molecule has 0 unspecified atom stereocenters. The average molecular weight is 404 g/mol. The molecule has 1 saturated heterocycles. The zero-order chi connectivity index (χ0) is 21.3. The molecule has 0 saturated carbocycles. The highest BCUT2D eigenvalue weighted by Gasteiger charge is 2.25. The Morgan fingerprint density at radius 2 is 1.73 bits per heavy atom. The summed E-state index contributed by atoms with van der Waals surface area (Å²) in [4.78, 5) is 32.2. The third kappa shape index (κ3) is 3.70. The molecule has 1 amide bonds. The second-order valence-corrected chi connectivity index (χ2v) is 7.82. The Balaban J connectivity index is 1.50. The number of anilines is 1. The van der Waals surface area contributed by atoms with Crippen LogP contribution >= 0.6 is 0 Å². The number of fused-ring (bicyclic) bond motifs is 1. The summed E-state index contributed by atoms with van der Waals surface area (Å²) in [5, 5.41) is 11.9.